The van der Waals surface area contributed by atoms with E-state index in [1.807, 2.05) is 41.3 Å². The highest BCUT2D eigenvalue weighted by atomic mass is 32.1. The Morgan fingerprint density at radius 3 is 2.41 bits per heavy atom. The summed E-state index contributed by atoms with van der Waals surface area (Å²) in [4.78, 5) is 29.4. The second kappa shape index (κ2) is 10.3. The molecule has 0 spiro atoms. The van der Waals surface area contributed by atoms with E-state index < -0.39 is 0 Å². The molecule has 0 N–H and O–H groups in total. The number of hydrogen-bond acceptors (Lipinski definition) is 4. The summed E-state index contributed by atoms with van der Waals surface area (Å²) in [5.41, 5.74) is 2.71. The van der Waals surface area contributed by atoms with E-state index in [0.29, 0.717) is 12.3 Å². The smallest absolute Gasteiger partial charge is 0.222 e. The van der Waals surface area contributed by atoms with Gasteiger partial charge in [0.05, 0.1) is 7.11 Å². The van der Waals surface area contributed by atoms with Crippen LogP contribution >= 0.6 is 11.3 Å². The molecule has 178 valence electrons. The summed E-state index contributed by atoms with van der Waals surface area (Å²) >= 11 is 1.77. The zero-order chi connectivity index (χ0) is 23.5. The largest absolute Gasteiger partial charge is 0.497 e. The van der Waals surface area contributed by atoms with E-state index in [9.17, 15) is 9.59 Å². The molecule has 0 atom stereocenters. The van der Waals surface area contributed by atoms with Crippen molar-refractivity contribution in [3.63, 3.8) is 0 Å². The number of fused-ring (bicyclic) bond motifs is 1. The molecule has 1 aromatic heterocycles. The molecule has 2 fully saturated rings. The Bertz CT molecular complexity index is 1170. The minimum Gasteiger partial charge on any atom is -0.497 e. The molecule has 0 radical (unpaired) electrons. The van der Waals surface area contributed by atoms with Gasteiger partial charge in [0, 0.05) is 45.6 Å². The van der Waals surface area contributed by atoms with Gasteiger partial charge >= 0.3 is 0 Å². The van der Waals surface area contributed by atoms with E-state index in [1.165, 1.54) is 24.1 Å². The van der Waals surface area contributed by atoms with Gasteiger partial charge in [-0.05, 0) is 61.8 Å². The molecule has 0 unspecified atom stereocenters. The van der Waals surface area contributed by atoms with Crippen molar-refractivity contribution >= 4 is 33.1 Å². The van der Waals surface area contributed by atoms with E-state index in [0.717, 1.165) is 77.7 Å². The minimum atomic E-state index is 0.108. The monoisotopic (exact) mass is 475 g/mol. The Morgan fingerprint density at radius 1 is 0.971 bits per heavy atom. The predicted molar refractivity (Wildman–Crippen MR) is 138 cm³/mol. The molecule has 0 bridgehead atoms. The van der Waals surface area contributed by atoms with Crippen LogP contribution in [-0.2, 0) is 11.2 Å². The number of ether oxygens (including phenoxy) is 1. The van der Waals surface area contributed by atoms with Crippen LogP contribution in [0.3, 0.4) is 0 Å². The molecular weight excluding hydrogens is 442 g/mol. The van der Waals surface area contributed by atoms with Crippen LogP contribution in [-0.4, -0.2) is 36.8 Å². The Balaban J connectivity index is 1.39. The van der Waals surface area contributed by atoms with Gasteiger partial charge < -0.3 is 9.64 Å². The summed E-state index contributed by atoms with van der Waals surface area (Å²) in [6.45, 7) is 1.80. The number of aryl methyl sites for hydroxylation is 1. The topological polar surface area (TPSA) is 46.6 Å². The van der Waals surface area contributed by atoms with E-state index in [1.54, 1.807) is 18.4 Å². The van der Waals surface area contributed by atoms with Gasteiger partial charge in [0.1, 0.15) is 5.75 Å². The Hall–Kier alpha value is -2.66. The molecule has 3 aromatic rings. The van der Waals surface area contributed by atoms with Crippen LogP contribution in [0.15, 0.2) is 42.5 Å². The first kappa shape index (κ1) is 23.1. The van der Waals surface area contributed by atoms with Crippen molar-refractivity contribution in [2.75, 3.05) is 20.2 Å². The third-order valence-corrected chi connectivity index (χ3v) is 8.74. The average Bonchev–Trinajstić information content (AvgIpc) is 3.56. The SMILES string of the molecule is COc1ccc2c(C(=O)c3ccc(CCC(=O)N4CCCC4)cc3)c(C3CCCCC3)sc2c1. The molecule has 5 heteroatoms. The summed E-state index contributed by atoms with van der Waals surface area (Å²) in [6.07, 6.45) is 9.59. The number of nitrogens with zero attached hydrogens (tertiary/aromatic N) is 1. The number of ketones is 1. The summed E-state index contributed by atoms with van der Waals surface area (Å²) in [6, 6.07) is 14.0. The Morgan fingerprint density at radius 2 is 1.71 bits per heavy atom. The van der Waals surface area contributed by atoms with Gasteiger partial charge in [0.25, 0.3) is 0 Å². The molecule has 1 aliphatic heterocycles. The van der Waals surface area contributed by atoms with Gasteiger partial charge in [0.15, 0.2) is 5.78 Å². The molecule has 2 heterocycles. The fraction of sp³-hybridized carbons (Fsp3) is 0.448. The lowest BCUT2D eigenvalue weighted by atomic mass is 9.85. The molecule has 1 amide bonds. The molecule has 1 aliphatic carbocycles. The highest BCUT2D eigenvalue weighted by molar-refractivity contribution is 7.19. The summed E-state index contributed by atoms with van der Waals surface area (Å²) in [5, 5.41) is 1.04. The summed E-state index contributed by atoms with van der Waals surface area (Å²) in [5.74, 6) is 1.65. The van der Waals surface area contributed by atoms with Gasteiger partial charge in [-0.1, -0.05) is 43.5 Å². The van der Waals surface area contributed by atoms with Crippen LogP contribution in [0.2, 0.25) is 0 Å². The van der Waals surface area contributed by atoms with Crippen molar-refractivity contribution < 1.29 is 14.3 Å². The van der Waals surface area contributed by atoms with Crippen LogP contribution in [0, 0.1) is 0 Å². The van der Waals surface area contributed by atoms with Gasteiger partial charge in [-0.15, -0.1) is 11.3 Å². The van der Waals surface area contributed by atoms with Crippen molar-refractivity contribution in [1.29, 1.82) is 0 Å². The standard InChI is InChI=1S/C29H33NO3S/c1-33-23-14-15-24-25(19-23)34-29(22-7-3-2-4-8-22)27(24)28(32)21-12-9-20(10-13-21)11-16-26(31)30-17-5-6-18-30/h9-10,12-15,19,22H,2-8,11,16-18H2,1H3. The summed E-state index contributed by atoms with van der Waals surface area (Å²) < 4.78 is 6.57. The quantitative estimate of drug-likeness (QED) is 0.355. The number of amides is 1. The normalized spacial score (nSPS) is 16.8. The second-order valence-electron chi connectivity index (χ2n) is 9.65. The first-order valence-electron chi connectivity index (χ1n) is 12.7. The van der Waals surface area contributed by atoms with Gasteiger partial charge in [0.2, 0.25) is 5.91 Å². The third kappa shape index (κ3) is 4.76. The lowest BCUT2D eigenvalue weighted by Gasteiger charge is -2.21. The fourth-order valence-electron chi connectivity index (χ4n) is 5.45. The molecule has 34 heavy (non-hydrogen) atoms. The van der Waals surface area contributed by atoms with Crippen molar-refractivity contribution in [3.05, 3.63) is 64.0 Å². The van der Waals surface area contributed by atoms with Crippen LogP contribution in [0.5, 0.6) is 5.75 Å². The molecule has 2 aromatic carbocycles. The molecular formula is C29H33NO3S. The lowest BCUT2D eigenvalue weighted by molar-refractivity contribution is -0.130. The summed E-state index contributed by atoms with van der Waals surface area (Å²) in [7, 11) is 1.68. The molecule has 5 rings (SSSR count). The van der Waals surface area contributed by atoms with Crippen LogP contribution in [0.25, 0.3) is 10.1 Å². The third-order valence-electron chi connectivity index (χ3n) is 7.43. The zero-order valence-electron chi connectivity index (χ0n) is 20.0. The molecule has 2 aliphatic rings. The van der Waals surface area contributed by atoms with E-state index >= 15 is 0 Å². The van der Waals surface area contributed by atoms with Crippen LogP contribution in [0.1, 0.15) is 83.6 Å². The maximum atomic E-state index is 13.8. The zero-order valence-corrected chi connectivity index (χ0v) is 20.8. The second-order valence-corrected chi connectivity index (χ2v) is 10.7. The highest BCUT2D eigenvalue weighted by Crippen LogP contribution is 2.44. The molecule has 4 nitrogen and oxygen atoms in total. The Labute approximate surface area is 205 Å². The number of methoxy groups -OCH3 is 1. The molecule has 1 saturated carbocycles. The van der Waals surface area contributed by atoms with Crippen molar-refractivity contribution in [3.8, 4) is 5.75 Å². The maximum absolute atomic E-state index is 13.8. The van der Waals surface area contributed by atoms with Crippen LogP contribution in [0.4, 0.5) is 0 Å². The Kier molecular flexibility index (Phi) is 7.00. The van der Waals surface area contributed by atoms with E-state index in [2.05, 4.69) is 6.07 Å². The fourth-order valence-corrected chi connectivity index (χ4v) is 6.85. The van der Waals surface area contributed by atoms with E-state index in [-0.39, 0.29) is 11.7 Å². The number of carbonyl (C=O) groups excluding carboxylic acids is 2. The number of rotatable bonds is 7. The number of benzene rings is 2. The number of likely N-dealkylation sites (tertiary alicyclic amines) is 1. The van der Waals surface area contributed by atoms with Crippen molar-refractivity contribution in [1.82, 2.24) is 4.90 Å². The van der Waals surface area contributed by atoms with Crippen molar-refractivity contribution in [2.24, 2.45) is 0 Å². The van der Waals surface area contributed by atoms with Gasteiger partial charge in [-0.2, -0.15) is 0 Å². The van der Waals surface area contributed by atoms with Crippen molar-refractivity contribution in [2.45, 2.75) is 63.7 Å². The molecule has 1 saturated heterocycles. The maximum Gasteiger partial charge on any atom is 0.222 e. The number of hydrogen-bond donors (Lipinski definition) is 0. The lowest BCUT2D eigenvalue weighted by Crippen LogP contribution is -2.27. The number of carbonyl (C=O) groups is 2. The van der Waals surface area contributed by atoms with Gasteiger partial charge in [-0.3, -0.25) is 9.59 Å². The first-order valence-corrected chi connectivity index (χ1v) is 13.5. The minimum absolute atomic E-state index is 0.108. The van der Waals surface area contributed by atoms with Gasteiger partial charge in [-0.25, -0.2) is 0 Å². The van der Waals surface area contributed by atoms with Crippen LogP contribution < -0.4 is 4.74 Å². The first-order chi connectivity index (χ1) is 16.6. The highest BCUT2D eigenvalue weighted by Gasteiger charge is 2.27. The predicted octanol–water partition coefficient (Wildman–Crippen LogP) is 6.74. The average molecular weight is 476 g/mol. The number of thiophene rings is 1. The van der Waals surface area contributed by atoms with E-state index in [4.69, 9.17) is 4.74 Å².